The van der Waals surface area contributed by atoms with Gasteiger partial charge in [-0.1, -0.05) is 23.2 Å². The normalized spacial score (nSPS) is 10.4. The molecular weight excluding hydrogens is 391 g/mol. The smallest absolute Gasteiger partial charge is 0.144 e. The number of benzene rings is 1. The molecule has 0 bridgehead atoms. The molecule has 0 amide bonds. The summed E-state index contributed by atoms with van der Waals surface area (Å²) in [5.74, 6) is 0.692. The lowest BCUT2D eigenvalue weighted by Crippen LogP contribution is -1.95. The summed E-state index contributed by atoms with van der Waals surface area (Å²) in [4.78, 5) is 4.19. The molecule has 0 unspecified atom stereocenters. The highest BCUT2D eigenvalue weighted by atomic mass is 79.9. The van der Waals surface area contributed by atoms with E-state index in [2.05, 4.69) is 42.2 Å². The summed E-state index contributed by atoms with van der Waals surface area (Å²) in [6, 6.07) is 7.27. The van der Waals surface area contributed by atoms with Gasteiger partial charge < -0.3 is 5.32 Å². The molecule has 0 saturated carbocycles. The Labute approximate surface area is 126 Å². The van der Waals surface area contributed by atoms with Crippen molar-refractivity contribution in [1.29, 1.82) is 0 Å². The summed E-state index contributed by atoms with van der Waals surface area (Å²) in [6.07, 6.45) is 1.58. The molecular formula is C11H6Br2Cl2N2. The van der Waals surface area contributed by atoms with Gasteiger partial charge in [0, 0.05) is 15.7 Å². The van der Waals surface area contributed by atoms with Gasteiger partial charge in [0.25, 0.3) is 0 Å². The zero-order valence-corrected chi connectivity index (χ0v) is 13.0. The van der Waals surface area contributed by atoms with Crippen LogP contribution in [0.2, 0.25) is 10.0 Å². The number of nitrogens with one attached hydrogen (secondary N) is 1. The largest absolute Gasteiger partial charge is 0.338 e. The summed E-state index contributed by atoms with van der Waals surface area (Å²) in [5.41, 5.74) is 0.880. The highest BCUT2D eigenvalue weighted by molar-refractivity contribution is 9.11. The van der Waals surface area contributed by atoms with E-state index in [-0.39, 0.29) is 0 Å². The number of hydrogen-bond acceptors (Lipinski definition) is 2. The molecule has 88 valence electrons. The van der Waals surface area contributed by atoms with E-state index in [1.54, 1.807) is 18.3 Å². The molecule has 1 aromatic heterocycles. The van der Waals surface area contributed by atoms with E-state index in [9.17, 15) is 0 Å². The van der Waals surface area contributed by atoms with Gasteiger partial charge in [0.15, 0.2) is 0 Å². The number of rotatable bonds is 2. The molecule has 2 aromatic rings. The van der Waals surface area contributed by atoms with Gasteiger partial charge in [-0.25, -0.2) is 4.98 Å². The zero-order valence-electron chi connectivity index (χ0n) is 8.35. The second-order valence-corrected chi connectivity index (χ2v) is 5.81. The molecule has 0 fully saturated rings. The Morgan fingerprint density at radius 2 is 1.71 bits per heavy atom. The molecule has 0 aliphatic rings. The van der Waals surface area contributed by atoms with Crippen LogP contribution in [0.3, 0.4) is 0 Å². The molecule has 0 atom stereocenters. The number of anilines is 2. The van der Waals surface area contributed by atoms with Crippen LogP contribution in [0.25, 0.3) is 0 Å². The van der Waals surface area contributed by atoms with E-state index in [0.717, 1.165) is 14.6 Å². The molecule has 2 rings (SSSR count). The summed E-state index contributed by atoms with van der Waals surface area (Å²) in [7, 11) is 0. The maximum atomic E-state index is 5.87. The third-order valence-corrected chi connectivity index (χ3v) is 3.69. The van der Waals surface area contributed by atoms with Crippen LogP contribution in [0.1, 0.15) is 0 Å². The molecule has 6 heteroatoms. The van der Waals surface area contributed by atoms with Crippen molar-refractivity contribution < 1.29 is 0 Å². The van der Waals surface area contributed by atoms with Crippen LogP contribution >= 0.6 is 55.1 Å². The third-order valence-electron chi connectivity index (χ3n) is 1.99. The molecule has 0 radical (unpaired) electrons. The number of pyridine rings is 1. The van der Waals surface area contributed by atoms with Crippen LogP contribution in [0.5, 0.6) is 0 Å². The second kappa shape index (κ2) is 5.57. The average Bonchev–Trinajstić information content (AvgIpc) is 2.25. The summed E-state index contributed by atoms with van der Waals surface area (Å²) in [5, 5.41) is 4.43. The van der Waals surface area contributed by atoms with Crippen LogP contribution in [0.15, 0.2) is 39.4 Å². The summed E-state index contributed by atoms with van der Waals surface area (Å²) >= 11 is 18.5. The van der Waals surface area contributed by atoms with E-state index >= 15 is 0 Å². The average molecular weight is 397 g/mol. The number of nitrogens with zero attached hydrogens (tertiary/aromatic N) is 1. The molecule has 1 N–H and O–H groups in total. The number of aromatic nitrogens is 1. The Balaban J connectivity index is 2.31. The van der Waals surface area contributed by atoms with E-state index in [1.165, 1.54) is 0 Å². The minimum absolute atomic E-state index is 0.581. The molecule has 17 heavy (non-hydrogen) atoms. The maximum Gasteiger partial charge on any atom is 0.144 e. The molecule has 1 aromatic carbocycles. The third kappa shape index (κ3) is 3.35. The monoisotopic (exact) mass is 394 g/mol. The fourth-order valence-corrected chi connectivity index (χ4v) is 2.74. The Morgan fingerprint density at radius 1 is 1.00 bits per heavy atom. The van der Waals surface area contributed by atoms with Gasteiger partial charge in [0.2, 0.25) is 0 Å². The molecule has 0 saturated heterocycles. The lowest BCUT2D eigenvalue weighted by atomic mass is 10.3. The summed E-state index contributed by atoms with van der Waals surface area (Å²) < 4.78 is 1.67. The van der Waals surface area contributed by atoms with Gasteiger partial charge in [0.1, 0.15) is 5.82 Å². The van der Waals surface area contributed by atoms with Crippen LogP contribution in [-0.4, -0.2) is 4.98 Å². The SMILES string of the molecule is Clc1ccc(Nc2ncc(Cl)cc2Br)c(Br)c1. The van der Waals surface area contributed by atoms with Crippen LogP contribution in [0.4, 0.5) is 11.5 Å². The molecule has 0 aliphatic heterocycles. The minimum Gasteiger partial charge on any atom is -0.338 e. The number of hydrogen-bond donors (Lipinski definition) is 1. The van der Waals surface area contributed by atoms with Crippen LogP contribution < -0.4 is 5.32 Å². The second-order valence-electron chi connectivity index (χ2n) is 3.23. The van der Waals surface area contributed by atoms with E-state index in [0.29, 0.717) is 15.9 Å². The van der Waals surface area contributed by atoms with Gasteiger partial charge in [-0.2, -0.15) is 0 Å². The standard InChI is InChI=1S/C11H6Br2Cl2N2/c12-8-3-6(14)1-2-10(8)17-11-9(13)4-7(15)5-16-11/h1-5H,(H,16,17). The quantitative estimate of drug-likeness (QED) is 0.708. The minimum atomic E-state index is 0.581. The lowest BCUT2D eigenvalue weighted by molar-refractivity contribution is 1.29. The maximum absolute atomic E-state index is 5.87. The van der Waals surface area contributed by atoms with E-state index < -0.39 is 0 Å². The Hall–Kier alpha value is -0.290. The molecule has 0 aliphatic carbocycles. The van der Waals surface area contributed by atoms with Crippen molar-refractivity contribution in [2.45, 2.75) is 0 Å². The number of halogens is 4. The van der Waals surface area contributed by atoms with Crippen molar-refractivity contribution in [3.8, 4) is 0 Å². The first-order valence-corrected chi connectivity index (χ1v) is 6.93. The Kier molecular flexibility index (Phi) is 4.31. The topological polar surface area (TPSA) is 24.9 Å². The van der Waals surface area contributed by atoms with Gasteiger partial charge in [0.05, 0.1) is 15.2 Å². The first kappa shape index (κ1) is 13.1. The van der Waals surface area contributed by atoms with Crippen molar-refractivity contribution in [1.82, 2.24) is 4.98 Å². The molecule has 1 heterocycles. The fraction of sp³-hybridized carbons (Fsp3) is 0. The van der Waals surface area contributed by atoms with Gasteiger partial charge in [-0.3, -0.25) is 0 Å². The first-order chi connectivity index (χ1) is 8.06. The Bertz CT molecular complexity index is 512. The Morgan fingerprint density at radius 3 is 2.35 bits per heavy atom. The fourth-order valence-electron chi connectivity index (χ4n) is 1.22. The zero-order chi connectivity index (χ0) is 12.4. The molecule has 2 nitrogen and oxygen atoms in total. The van der Waals surface area contributed by atoms with Gasteiger partial charge in [-0.15, -0.1) is 0 Å². The predicted molar refractivity (Wildman–Crippen MR) is 79.4 cm³/mol. The van der Waals surface area contributed by atoms with Crippen molar-refractivity contribution >= 4 is 66.6 Å². The predicted octanol–water partition coefficient (Wildman–Crippen LogP) is 5.66. The van der Waals surface area contributed by atoms with Crippen LogP contribution in [0, 0.1) is 0 Å². The van der Waals surface area contributed by atoms with Crippen molar-refractivity contribution in [3.05, 3.63) is 49.5 Å². The molecule has 0 spiro atoms. The highest BCUT2D eigenvalue weighted by Crippen LogP contribution is 2.31. The highest BCUT2D eigenvalue weighted by Gasteiger charge is 2.05. The lowest BCUT2D eigenvalue weighted by Gasteiger charge is -2.09. The van der Waals surface area contributed by atoms with Crippen molar-refractivity contribution in [2.24, 2.45) is 0 Å². The van der Waals surface area contributed by atoms with Gasteiger partial charge >= 0.3 is 0 Å². The summed E-state index contributed by atoms with van der Waals surface area (Å²) in [6.45, 7) is 0. The van der Waals surface area contributed by atoms with E-state index in [4.69, 9.17) is 23.2 Å². The van der Waals surface area contributed by atoms with Crippen LogP contribution in [-0.2, 0) is 0 Å². The van der Waals surface area contributed by atoms with Crippen molar-refractivity contribution in [2.75, 3.05) is 5.32 Å². The van der Waals surface area contributed by atoms with Crippen molar-refractivity contribution in [3.63, 3.8) is 0 Å². The van der Waals surface area contributed by atoms with Gasteiger partial charge in [-0.05, 0) is 56.1 Å². The first-order valence-electron chi connectivity index (χ1n) is 4.59. The van der Waals surface area contributed by atoms with E-state index in [1.807, 2.05) is 12.1 Å².